The normalized spacial score (nSPS) is 19.9. The summed E-state index contributed by atoms with van der Waals surface area (Å²) < 4.78 is 21.8. The molecule has 2 atom stereocenters. The van der Waals surface area contributed by atoms with Crippen molar-refractivity contribution in [2.75, 3.05) is 22.9 Å². The van der Waals surface area contributed by atoms with E-state index < -0.39 is 0 Å². The van der Waals surface area contributed by atoms with Crippen LogP contribution in [0.4, 0.5) is 15.8 Å². The van der Waals surface area contributed by atoms with Crippen LogP contribution >= 0.6 is 39.7 Å². The molecule has 0 saturated carbocycles. The molecule has 2 aromatic carbocycles. The molecule has 0 amide bonds. The second kappa shape index (κ2) is 10.9. The van der Waals surface area contributed by atoms with Crippen LogP contribution in [0.2, 0.25) is 5.02 Å². The van der Waals surface area contributed by atoms with Gasteiger partial charge in [0.2, 0.25) is 0 Å². The zero-order chi connectivity index (χ0) is 27.1. The van der Waals surface area contributed by atoms with E-state index in [0.717, 1.165) is 48.9 Å². The van der Waals surface area contributed by atoms with Crippen molar-refractivity contribution >= 4 is 56.2 Å². The highest BCUT2D eigenvalue weighted by Crippen LogP contribution is 2.44. The number of nitrogens with one attached hydrogen (secondary N) is 1. The lowest BCUT2D eigenvalue weighted by atomic mass is 9.98. The fourth-order valence-electron chi connectivity index (χ4n) is 5.42. The highest BCUT2D eigenvalue weighted by molar-refractivity contribution is 9.10. The van der Waals surface area contributed by atoms with E-state index in [9.17, 15) is 4.39 Å². The average Bonchev–Trinajstić information content (AvgIpc) is 3.54. The van der Waals surface area contributed by atoms with Gasteiger partial charge in [0, 0.05) is 29.4 Å². The number of nitrogens with zero attached hydrogens (tertiary/aromatic N) is 3. The van der Waals surface area contributed by atoms with E-state index in [1.54, 1.807) is 24.4 Å². The van der Waals surface area contributed by atoms with Crippen LogP contribution in [-0.4, -0.2) is 23.2 Å². The summed E-state index contributed by atoms with van der Waals surface area (Å²) in [5.41, 5.74) is 3.10. The molecule has 5 nitrogen and oxygen atoms in total. The molecule has 2 saturated heterocycles. The van der Waals surface area contributed by atoms with Crippen molar-refractivity contribution < 1.29 is 8.81 Å². The molecule has 2 aliphatic heterocycles. The lowest BCUT2D eigenvalue weighted by molar-refractivity contribution is 0.437. The molecule has 0 radical (unpaired) electrons. The van der Waals surface area contributed by atoms with Crippen LogP contribution in [0.15, 0.2) is 81.8 Å². The van der Waals surface area contributed by atoms with Crippen molar-refractivity contribution in [1.82, 2.24) is 10.3 Å². The summed E-state index contributed by atoms with van der Waals surface area (Å²) >= 11 is 16.0. The molecule has 39 heavy (non-hydrogen) atoms. The Labute approximate surface area is 246 Å². The van der Waals surface area contributed by atoms with Gasteiger partial charge in [0.05, 0.1) is 28.0 Å². The van der Waals surface area contributed by atoms with E-state index in [0.29, 0.717) is 31.7 Å². The Kier molecular flexibility index (Phi) is 7.35. The maximum atomic E-state index is 14.8. The molecule has 0 bridgehead atoms. The molecule has 2 fully saturated rings. The number of pyridine rings is 1. The first-order valence-corrected chi connectivity index (χ1v) is 14.6. The number of aromatic nitrogens is 1. The third-order valence-electron chi connectivity index (χ3n) is 7.55. The van der Waals surface area contributed by atoms with Gasteiger partial charge in [-0.25, -0.2) is 4.39 Å². The quantitative estimate of drug-likeness (QED) is 0.225. The summed E-state index contributed by atoms with van der Waals surface area (Å²) in [6, 6.07) is 19.8. The first-order valence-electron chi connectivity index (χ1n) is 13.0. The van der Waals surface area contributed by atoms with E-state index in [4.69, 9.17) is 28.2 Å². The maximum absolute atomic E-state index is 14.8. The van der Waals surface area contributed by atoms with Gasteiger partial charge < -0.3 is 19.5 Å². The number of halogens is 3. The predicted molar refractivity (Wildman–Crippen MR) is 162 cm³/mol. The lowest BCUT2D eigenvalue weighted by Crippen LogP contribution is -2.33. The molecule has 4 heterocycles. The highest BCUT2D eigenvalue weighted by atomic mass is 79.9. The molecular formula is C30H27BrClFN4OS. The molecule has 0 spiro atoms. The summed E-state index contributed by atoms with van der Waals surface area (Å²) in [5, 5.41) is 4.66. The molecule has 2 aliphatic rings. The van der Waals surface area contributed by atoms with Crippen molar-refractivity contribution in [2.24, 2.45) is 5.92 Å². The Morgan fingerprint density at radius 1 is 1.08 bits per heavy atom. The van der Waals surface area contributed by atoms with Gasteiger partial charge in [-0.2, -0.15) is 0 Å². The van der Waals surface area contributed by atoms with E-state index in [1.807, 2.05) is 35.2 Å². The maximum Gasteiger partial charge on any atom is 0.174 e. The van der Waals surface area contributed by atoms with Gasteiger partial charge in [-0.1, -0.05) is 40.5 Å². The smallest absolute Gasteiger partial charge is 0.174 e. The molecule has 2 aromatic heterocycles. The van der Waals surface area contributed by atoms with E-state index in [2.05, 4.69) is 50.2 Å². The fourth-order valence-corrected chi connectivity index (χ4v) is 6.39. The summed E-state index contributed by atoms with van der Waals surface area (Å²) in [6.07, 6.45) is 4.08. The van der Waals surface area contributed by atoms with Crippen LogP contribution in [0.5, 0.6) is 0 Å². The number of rotatable bonds is 5. The average molecular weight is 626 g/mol. The van der Waals surface area contributed by atoms with Crippen LogP contribution in [0.3, 0.4) is 0 Å². The van der Waals surface area contributed by atoms with Crippen molar-refractivity contribution in [1.29, 1.82) is 0 Å². The Hall–Kier alpha value is -2.94. The Balaban J connectivity index is 1.38. The zero-order valence-corrected chi connectivity index (χ0v) is 24.4. The van der Waals surface area contributed by atoms with E-state index in [-0.39, 0.29) is 17.9 Å². The molecule has 1 N–H and O–H groups in total. The van der Waals surface area contributed by atoms with Crippen LogP contribution in [-0.2, 0) is 0 Å². The first-order chi connectivity index (χ1) is 18.9. The molecule has 6 rings (SSSR count). The van der Waals surface area contributed by atoms with Gasteiger partial charge in [-0.15, -0.1) is 0 Å². The number of benzene rings is 2. The molecule has 9 heteroatoms. The first kappa shape index (κ1) is 26.3. The number of hydrogen-bond donors (Lipinski definition) is 1. The fraction of sp³-hybridized carbons (Fsp3) is 0.267. The second-order valence-corrected chi connectivity index (χ2v) is 11.8. The van der Waals surface area contributed by atoms with Crippen LogP contribution in [0.25, 0.3) is 11.3 Å². The molecule has 200 valence electrons. The van der Waals surface area contributed by atoms with Crippen LogP contribution < -0.4 is 15.1 Å². The molecule has 0 aliphatic carbocycles. The van der Waals surface area contributed by atoms with Crippen molar-refractivity contribution in [3.8, 4) is 11.3 Å². The van der Waals surface area contributed by atoms with Crippen LogP contribution in [0, 0.1) is 11.7 Å². The summed E-state index contributed by atoms with van der Waals surface area (Å²) in [7, 11) is 0. The van der Waals surface area contributed by atoms with Crippen molar-refractivity contribution in [3.05, 3.63) is 99.7 Å². The Bertz CT molecular complexity index is 1510. The van der Waals surface area contributed by atoms with Gasteiger partial charge in [0.1, 0.15) is 23.4 Å². The SMILES string of the molecule is CC1CCN(c2ccc(N3C(=S)N[C@H](c4ccccn4)[C@H]3c3ccc(-c4ccc(Br)cc4F)o3)cc2Cl)CC1. The number of hydrogen-bond acceptors (Lipinski definition) is 4. The second-order valence-electron chi connectivity index (χ2n) is 10.1. The number of piperidine rings is 1. The van der Waals surface area contributed by atoms with Crippen LogP contribution in [0.1, 0.15) is 43.3 Å². The Morgan fingerprint density at radius 2 is 1.90 bits per heavy atom. The minimum absolute atomic E-state index is 0.283. The van der Waals surface area contributed by atoms with Gasteiger partial charge in [-0.05, 0) is 91.6 Å². The summed E-state index contributed by atoms with van der Waals surface area (Å²) in [6.45, 7) is 4.29. The van der Waals surface area contributed by atoms with Crippen molar-refractivity contribution in [2.45, 2.75) is 31.8 Å². The zero-order valence-electron chi connectivity index (χ0n) is 21.3. The summed E-state index contributed by atoms with van der Waals surface area (Å²) in [4.78, 5) is 8.97. The van der Waals surface area contributed by atoms with Crippen molar-refractivity contribution in [3.63, 3.8) is 0 Å². The minimum Gasteiger partial charge on any atom is -0.459 e. The van der Waals surface area contributed by atoms with Gasteiger partial charge in [0.15, 0.2) is 5.11 Å². The molecule has 4 aromatic rings. The highest BCUT2D eigenvalue weighted by Gasteiger charge is 2.43. The summed E-state index contributed by atoms with van der Waals surface area (Å²) in [5.74, 6) is 1.46. The van der Waals surface area contributed by atoms with Gasteiger partial charge in [0.25, 0.3) is 0 Å². The number of anilines is 2. The predicted octanol–water partition coefficient (Wildman–Crippen LogP) is 8.31. The third-order valence-corrected chi connectivity index (χ3v) is 8.66. The molecular weight excluding hydrogens is 599 g/mol. The number of furan rings is 1. The monoisotopic (exact) mass is 624 g/mol. The van der Waals surface area contributed by atoms with Gasteiger partial charge >= 0.3 is 0 Å². The Morgan fingerprint density at radius 3 is 2.62 bits per heavy atom. The standard InChI is InChI=1S/C30H27BrClFN4OS/c1-18-11-14-36(15-12-18)25-8-6-20(17-22(25)32)37-29(28(35-30(37)39)24-4-2-3-13-34-24)27-10-9-26(38-27)21-7-5-19(31)16-23(21)33/h2-10,13,16-18,28-29H,11-12,14-15H2,1H3,(H,35,39)/t28-,29-/m1/s1. The largest absolute Gasteiger partial charge is 0.459 e. The molecule has 0 unspecified atom stereocenters. The topological polar surface area (TPSA) is 44.5 Å². The van der Waals surface area contributed by atoms with E-state index in [1.165, 1.54) is 6.07 Å². The van der Waals surface area contributed by atoms with Gasteiger partial charge in [-0.3, -0.25) is 4.98 Å². The third kappa shape index (κ3) is 5.17. The number of thiocarbonyl (C=S) groups is 1. The lowest BCUT2D eigenvalue weighted by Gasteiger charge is -2.33. The minimum atomic E-state index is -0.364. The van der Waals surface area contributed by atoms with E-state index >= 15 is 0 Å².